The van der Waals surface area contributed by atoms with E-state index in [1.807, 2.05) is 0 Å². The smallest absolute Gasteiger partial charge is 0.348 e. The van der Waals surface area contributed by atoms with Gasteiger partial charge in [0, 0.05) is 30.2 Å². The largest absolute Gasteiger partial charge is 0.451 e. The van der Waals surface area contributed by atoms with Gasteiger partial charge < -0.3 is 19.3 Å². The van der Waals surface area contributed by atoms with E-state index in [1.165, 1.54) is 24.1 Å². The van der Waals surface area contributed by atoms with Gasteiger partial charge in [0.1, 0.15) is 10.7 Å². The van der Waals surface area contributed by atoms with Crippen molar-refractivity contribution < 1.29 is 28.2 Å². The van der Waals surface area contributed by atoms with E-state index in [0.717, 1.165) is 11.3 Å². The Labute approximate surface area is 159 Å². The minimum atomic E-state index is -0.697. The maximum absolute atomic E-state index is 13.7. The van der Waals surface area contributed by atoms with Crippen molar-refractivity contribution in [1.29, 1.82) is 0 Å². The van der Waals surface area contributed by atoms with Gasteiger partial charge in [-0.3, -0.25) is 9.59 Å². The quantitative estimate of drug-likeness (QED) is 0.719. The second-order valence-corrected chi connectivity index (χ2v) is 7.17. The first-order chi connectivity index (χ1) is 13.0. The zero-order valence-corrected chi connectivity index (χ0v) is 15.6. The molecule has 0 unspecified atom stereocenters. The molecule has 27 heavy (non-hydrogen) atoms. The number of ether oxygens (including phenoxy) is 2. The summed E-state index contributed by atoms with van der Waals surface area (Å²) in [5, 5.41) is 0.342. The molecule has 9 heteroatoms. The molecular formula is C18H19FN2O5S. The van der Waals surface area contributed by atoms with Crippen molar-refractivity contribution in [3.05, 3.63) is 35.0 Å². The second kappa shape index (κ2) is 8.45. The Morgan fingerprint density at radius 3 is 2.74 bits per heavy atom. The fourth-order valence-corrected chi connectivity index (χ4v) is 3.61. The van der Waals surface area contributed by atoms with Gasteiger partial charge in [0.25, 0.3) is 5.91 Å². The van der Waals surface area contributed by atoms with E-state index in [-0.39, 0.29) is 17.3 Å². The molecule has 144 valence electrons. The molecular weight excluding hydrogens is 375 g/mol. The Morgan fingerprint density at radius 2 is 2.04 bits per heavy atom. The number of fused-ring (bicyclic) bond motifs is 1. The first-order valence-electron chi connectivity index (χ1n) is 8.40. The molecule has 1 aliphatic rings. The van der Waals surface area contributed by atoms with Gasteiger partial charge in [0.2, 0.25) is 5.91 Å². The molecule has 0 N–H and O–H groups in total. The van der Waals surface area contributed by atoms with Crippen molar-refractivity contribution in [1.82, 2.24) is 9.80 Å². The lowest BCUT2D eigenvalue weighted by molar-refractivity contribution is -0.143. The number of hydrogen-bond donors (Lipinski definition) is 0. The maximum atomic E-state index is 13.7. The highest BCUT2D eigenvalue weighted by molar-refractivity contribution is 7.20. The van der Waals surface area contributed by atoms with Gasteiger partial charge in [0.15, 0.2) is 6.61 Å². The molecule has 2 heterocycles. The van der Waals surface area contributed by atoms with Crippen molar-refractivity contribution in [3.63, 3.8) is 0 Å². The monoisotopic (exact) mass is 394 g/mol. The average molecular weight is 394 g/mol. The molecule has 1 aromatic carbocycles. The third-order valence-corrected chi connectivity index (χ3v) is 5.28. The highest BCUT2D eigenvalue weighted by Crippen LogP contribution is 2.28. The Hall–Kier alpha value is -2.52. The van der Waals surface area contributed by atoms with Gasteiger partial charge in [-0.1, -0.05) is 6.07 Å². The van der Waals surface area contributed by atoms with E-state index in [4.69, 9.17) is 9.47 Å². The fourth-order valence-electron chi connectivity index (χ4n) is 2.64. The van der Waals surface area contributed by atoms with Crippen LogP contribution >= 0.6 is 11.3 Å². The van der Waals surface area contributed by atoms with Crippen LogP contribution in [0.25, 0.3) is 10.1 Å². The summed E-state index contributed by atoms with van der Waals surface area (Å²) < 4.78 is 24.5. The Bertz CT molecular complexity index is 863. The van der Waals surface area contributed by atoms with Crippen LogP contribution in [0.3, 0.4) is 0 Å². The number of benzene rings is 1. The van der Waals surface area contributed by atoms with Gasteiger partial charge in [-0.2, -0.15) is 0 Å². The van der Waals surface area contributed by atoms with Crippen molar-refractivity contribution in [2.45, 2.75) is 0 Å². The number of rotatable bonds is 5. The number of halogens is 1. The molecule has 0 bridgehead atoms. The van der Waals surface area contributed by atoms with Gasteiger partial charge in [-0.15, -0.1) is 11.3 Å². The number of hydrogen-bond acceptors (Lipinski definition) is 6. The number of likely N-dealkylation sites (N-methyl/N-ethyl adjacent to an activating group) is 1. The van der Waals surface area contributed by atoms with Gasteiger partial charge >= 0.3 is 5.97 Å². The molecule has 2 amide bonds. The van der Waals surface area contributed by atoms with Crippen LogP contribution in [-0.2, 0) is 19.1 Å². The molecule has 0 aliphatic carbocycles. The summed E-state index contributed by atoms with van der Waals surface area (Å²) in [6.45, 7) is 1.39. The lowest BCUT2D eigenvalue weighted by Gasteiger charge is -2.28. The summed E-state index contributed by atoms with van der Waals surface area (Å²) in [5.74, 6) is -1.78. The van der Waals surface area contributed by atoms with Crippen LogP contribution < -0.4 is 0 Å². The van der Waals surface area contributed by atoms with Crippen LogP contribution in [-0.4, -0.2) is 74.1 Å². The molecule has 1 fully saturated rings. The minimum absolute atomic E-state index is 0.0928. The summed E-state index contributed by atoms with van der Waals surface area (Å²) in [4.78, 5) is 39.5. The molecule has 2 aromatic rings. The predicted molar refractivity (Wildman–Crippen MR) is 97.1 cm³/mol. The van der Waals surface area contributed by atoms with Crippen LogP contribution in [0.4, 0.5) is 4.39 Å². The van der Waals surface area contributed by atoms with E-state index < -0.39 is 24.3 Å². The van der Waals surface area contributed by atoms with Crippen LogP contribution in [0, 0.1) is 5.82 Å². The number of amides is 2. The Balaban J connectivity index is 1.52. The third kappa shape index (κ3) is 4.61. The molecule has 1 aromatic heterocycles. The van der Waals surface area contributed by atoms with E-state index in [0.29, 0.717) is 36.4 Å². The van der Waals surface area contributed by atoms with E-state index in [1.54, 1.807) is 17.0 Å². The fraction of sp³-hybridized carbons (Fsp3) is 0.389. The lowest BCUT2D eigenvalue weighted by atomic mass is 10.2. The lowest BCUT2D eigenvalue weighted by Crippen LogP contribution is -2.46. The standard InChI is InChI=1S/C18H19FN2O5S/c1-20(10-16(22)21-5-7-25-8-6-21)17(23)11-26-18(24)15-9-12-13(19)3-2-4-14(12)27-15/h2-4,9H,5-8,10-11H2,1H3. The van der Waals surface area contributed by atoms with Crippen LogP contribution in [0.2, 0.25) is 0 Å². The number of carbonyl (C=O) groups is 3. The number of carbonyl (C=O) groups excluding carboxylic acids is 3. The number of esters is 1. The second-order valence-electron chi connectivity index (χ2n) is 6.08. The molecule has 3 rings (SSSR count). The van der Waals surface area contributed by atoms with Crippen molar-refractivity contribution in [2.24, 2.45) is 0 Å². The minimum Gasteiger partial charge on any atom is -0.451 e. The van der Waals surface area contributed by atoms with Crippen molar-refractivity contribution in [3.8, 4) is 0 Å². The SMILES string of the molecule is CN(CC(=O)N1CCOCC1)C(=O)COC(=O)c1cc2c(F)cccc2s1. The molecule has 0 spiro atoms. The summed E-state index contributed by atoms with van der Waals surface area (Å²) in [6.07, 6.45) is 0. The van der Waals surface area contributed by atoms with Gasteiger partial charge in [-0.25, -0.2) is 9.18 Å². The number of nitrogens with zero attached hydrogens (tertiary/aromatic N) is 2. The van der Waals surface area contributed by atoms with Crippen LogP contribution in [0.5, 0.6) is 0 Å². The number of thiophene rings is 1. The summed E-state index contributed by atoms with van der Waals surface area (Å²) in [5.41, 5.74) is 0. The Morgan fingerprint density at radius 1 is 1.30 bits per heavy atom. The number of morpholine rings is 1. The van der Waals surface area contributed by atoms with Crippen LogP contribution in [0.15, 0.2) is 24.3 Å². The van der Waals surface area contributed by atoms with Gasteiger partial charge in [-0.05, 0) is 18.2 Å². The van der Waals surface area contributed by atoms with E-state index >= 15 is 0 Å². The average Bonchev–Trinajstić information content (AvgIpc) is 3.12. The molecule has 0 atom stereocenters. The summed E-state index contributed by atoms with van der Waals surface area (Å²) in [6, 6.07) is 5.99. The predicted octanol–water partition coefficient (Wildman–Crippen LogP) is 1.51. The highest BCUT2D eigenvalue weighted by Gasteiger charge is 2.22. The Kier molecular flexibility index (Phi) is 6.02. The normalized spacial score (nSPS) is 14.2. The summed E-state index contributed by atoms with van der Waals surface area (Å²) in [7, 11) is 1.48. The van der Waals surface area contributed by atoms with Gasteiger partial charge in [0.05, 0.1) is 19.8 Å². The molecule has 7 nitrogen and oxygen atoms in total. The summed E-state index contributed by atoms with van der Waals surface area (Å²) >= 11 is 1.10. The van der Waals surface area contributed by atoms with E-state index in [9.17, 15) is 18.8 Å². The van der Waals surface area contributed by atoms with Crippen molar-refractivity contribution in [2.75, 3.05) is 46.5 Å². The molecule has 1 aliphatic heterocycles. The third-order valence-electron chi connectivity index (χ3n) is 4.20. The van der Waals surface area contributed by atoms with E-state index in [2.05, 4.69) is 0 Å². The van der Waals surface area contributed by atoms with Crippen molar-refractivity contribution >= 4 is 39.2 Å². The zero-order chi connectivity index (χ0) is 19.4. The first-order valence-corrected chi connectivity index (χ1v) is 9.22. The molecule has 1 saturated heterocycles. The zero-order valence-electron chi connectivity index (χ0n) is 14.8. The maximum Gasteiger partial charge on any atom is 0.348 e. The molecule has 0 radical (unpaired) electrons. The molecule has 0 saturated carbocycles. The first kappa shape index (κ1) is 19.2. The topological polar surface area (TPSA) is 76.2 Å². The highest BCUT2D eigenvalue weighted by atomic mass is 32.1. The van der Waals surface area contributed by atoms with Crippen LogP contribution in [0.1, 0.15) is 9.67 Å².